The molecular formula is C23H30ClN3S2. The molecule has 1 aromatic carbocycles. The smallest absolute Gasteiger partial charge is 0.0737 e. The third-order valence-electron chi connectivity index (χ3n) is 6.82. The van der Waals surface area contributed by atoms with Crippen molar-refractivity contribution in [1.82, 2.24) is 10.3 Å². The van der Waals surface area contributed by atoms with Crippen molar-refractivity contribution in [1.29, 1.82) is 0 Å². The molecule has 5 rings (SSSR count). The first-order valence-electron chi connectivity index (χ1n) is 11.0. The largest absolute Gasteiger partial charge is 0.382 e. The maximum absolute atomic E-state index is 6.12. The first-order chi connectivity index (χ1) is 14.2. The first kappa shape index (κ1) is 20.3. The third kappa shape index (κ3) is 4.68. The number of thioether (sulfide) groups is 2. The number of fused-ring (bicyclic) bond motifs is 1. The van der Waals surface area contributed by atoms with Crippen LogP contribution in [0.4, 0.5) is 5.69 Å². The van der Waals surface area contributed by atoms with E-state index in [0.717, 1.165) is 22.0 Å². The van der Waals surface area contributed by atoms with Gasteiger partial charge in [-0.05, 0) is 75.6 Å². The molecule has 0 amide bonds. The molecule has 3 aliphatic rings. The Labute approximate surface area is 187 Å². The Hall–Kier alpha value is -0.620. The predicted octanol–water partition coefficient (Wildman–Crippen LogP) is 6.32. The van der Waals surface area contributed by atoms with Crippen LogP contribution in [0.15, 0.2) is 30.5 Å². The van der Waals surface area contributed by atoms with Crippen LogP contribution in [-0.2, 0) is 0 Å². The lowest BCUT2D eigenvalue weighted by molar-refractivity contribution is 0.282. The van der Waals surface area contributed by atoms with E-state index in [4.69, 9.17) is 11.6 Å². The number of aromatic nitrogens is 1. The number of rotatable bonds is 4. The van der Waals surface area contributed by atoms with Crippen LogP contribution in [0.3, 0.4) is 0 Å². The number of halogens is 1. The lowest BCUT2D eigenvalue weighted by Crippen LogP contribution is -2.45. The van der Waals surface area contributed by atoms with Crippen molar-refractivity contribution in [2.45, 2.75) is 73.6 Å². The third-order valence-corrected chi connectivity index (χ3v) is 10.7. The summed E-state index contributed by atoms with van der Waals surface area (Å²) in [5, 5.41) is 9.70. The summed E-state index contributed by atoms with van der Waals surface area (Å²) in [4.78, 5) is 4.46. The molecule has 2 aromatic rings. The molecule has 2 N–H and O–H groups in total. The lowest BCUT2D eigenvalue weighted by Gasteiger charge is -2.39. The zero-order valence-electron chi connectivity index (χ0n) is 16.8. The van der Waals surface area contributed by atoms with E-state index in [1.54, 1.807) is 0 Å². The molecule has 1 spiro atoms. The zero-order valence-corrected chi connectivity index (χ0v) is 19.2. The molecule has 0 bridgehead atoms. The molecule has 2 saturated carbocycles. The number of pyridine rings is 1. The van der Waals surface area contributed by atoms with E-state index in [9.17, 15) is 0 Å². The average molecular weight is 448 g/mol. The highest BCUT2D eigenvalue weighted by molar-refractivity contribution is 8.21. The van der Waals surface area contributed by atoms with Gasteiger partial charge in [-0.1, -0.05) is 11.6 Å². The van der Waals surface area contributed by atoms with Crippen molar-refractivity contribution in [3.63, 3.8) is 0 Å². The van der Waals surface area contributed by atoms with Crippen LogP contribution in [0.1, 0.15) is 51.4 Å². The summed E-state index contributed by atoms with van der Waals surface area (Å²) in [7, 11) is 0. The van der Waals surface area contributed by atoms with Crippen LogP contribution < -0.4 is 10.6 Å². The number of hydrogen-bond acceptors (Lipinski definition) is 5. The molecule has 6 heteroatoms. The number of hydrogen-bond donors (Lipinski definition) is 2. The maximum atomic E-state index is 6.12. The summed E-state index contributed by atoms with van der Waals surface area (Å²) in [6.45, 7) is 0. The highest BCUT2D eigenvalue weighted by Crippen LogP contribution is 2.52. The summed E-state index contributed by atoms with van der Waals surface area (Å²) in [5.74, 6) is 2.72. The Morgan fingerprint density at radius 3 is 2.34 bits per heavy atom. The molecule has 1 aromatic heterocycles. The number of anilines is 1. The van der Waals surface area contributed by atoms with Crippen LogP contribution in [0.5, 0.6) is 0 Å². The van der Waals surface area contributed by atoms with E-state index in [1.165, 1.54) is 68.6 Å². The fourth-order valence-electron chi connectivity index (χ4n) is 5.21. The molecule has 29 heavy (non-hydrogen) atoms. The quantitative estimate of drug-likeness (QED) is 0.573. The van der Waals surface area contributed by atoms with Gasteiger partial charge in [0.25, 0.3) is 0 Å². The highest BCUT2D eigenvalue weighted by Gasteiger charge is 2.39. The molecule has 0 radical (unpaired) electrons. The van der Waals surface area contributed by atoms with E-state index in [2.05, 4.69) is 51.3 Å². The van der Waals surface area contributed by atoms with Gasteiger partial charge >= 0.3 is 0 Å². The topological polar surface area (TPSA) is 37.0 Å². The highest BCUT2D eigenvalue weighted by atomic mass is 35.5. The van der Waals surface area contributed by atoms with E-state index in [1.807, 2.05) is 18.3 Å². The molecule has 2 aliphatic carbocycles. The van der Waals surface area contributed by atoms with Crippen LogP contribution in [0.2, 0.25) is 5.02 Å². The fourth-order valence-corrected chi connectivity index (χ4v) is 8.67. The molecule has 3 fully saturated rings. The second kappa shape index (κ2) is 8.86. The Balaban J connectivity index is 1.12. The summed E-state index contributed by atoms with van der Waals surface area (Å²) < 4.78 is 0.581. The monoisotopic (exact) mass is 447 g/mol. The van der Waals surface area contributed by atoms with E-state index in [0.29, 0.717) is 16.2 Å². The second-order valence-corrected chi connectivity index (χ2v) is 12.4. The van der Waals surface area contributed by atoms with Gasteiger partial charge in [-0.25, -0.2) is 0 Å². The van der Waals surface area contributed by atoms with Gasteiger partial charge in [0.05, 0.1) is 9.60 Å². The molecule has 3 nitrogen and oxygen atoms in total. The number of nitrogens with zero attached hydrogens (tertiary/aromatic N) is 1. The lowest BCUT2D eigenvalue weighted by atomic mass is 9.88. The SMILES string of the molecule is Clc1ccc2c(NC3CCC(NC4CCC5(CC4)SCCS5)CC3)ccnc2c1. The van der Waals surface area contributed by atoms with Crippen molar-refractivity contribution < 1.29 is 0 Å². The van der Waals surface area contributed by atoms with E-state index >= 15 is 0 Å². The van der Waals surface area contributed by atoms with Gasteiger partial charge in [-0.15, -0.1) is 23.5 Å². The molecular weight excluding hydrogens is 418 g/mol. The Morgan fingerprint density at radius 2 is 1.59 bits per heavy atom. The van der Waals surface area contributed by atoms with E-state index in [-0.39, 0.29) is 0 Å². The van der Waals surface area contributed by atoms with Crippen molar-refractivity contribution in [3.05, 3.63) is 35.5 Å². The molecule has 0 atom stereocenters. The van der Waals surface area contributed by atoms with Crippen molar-refractivity contribution in [2.24, 2.45) is 0 Å². The zero-order chi connectivity index (χ0) is 19.7. The van der Waals surface area contributed by atoms with Crippen molar-refractivity contribution in [2.75, 3.05) is 16.8 Å². The minimum atomic E-state index is 0.551. The number of nitrogens with one attached hydrogen (secondary N) is 2. The van der Waals surface area contributed by atoms with Crippen LogP contribution in [-0.4, -0.2) is 38.7 Å². The summed E-state index contributed by atoms with van der Waals surface area (Å²) in [6, 6.07) is 10.1. The van der Waals surface area contributed by atoms with Gasteiger partial charge in [0.2, 0.25) is 0 Å². The second-order valence-electron chi connectivity index (χ2n) is 8.76. The van der Waals surface area contributed by atoms with Gasteiger partial charge in [0.1, 0.15) is 0 Å². The molecule has 156 valence electrons. The minimum absolute atomic E-state index is 0.551. The molecule has 2 heterocycles. The van der Waals surface area contributed by atoms with Gasteiger partial charge in [-0.2, -0.15) is 0 Å². The molecule has 1 aliphatic heterocycles. The molecule has 0 unspecified atom stereocenters. The standard InChI is InChI=1S/C23H30ClN3S2/c24-16-1-6-20-21(9-12-25-22(20)15-16)27-18-4-2-17(3-5-18)26-19-7-10-23(11-8-19)28-13-14-29-23/h1,6,9,12,15,17-19,26H,2-5,7-8,10-11,13-14H2,(H,25,27). The van der Waals surface area contributed by atoms with Crippen LogP contribution >= 0.6 is 35.1 Å². The average Bonchev–Trinajstić information content (AvgIpc) is 3.19. The van der Waals surface area contributed by atoms with Crippen molar-refractivity contribution >= 4 is 51.7 Å². The maximum Gasteiger partial charge on any atom is 0.0737 e. The first-order valence-corrected chi connectivity index (χ1v) is 13.4. The normalized spacial score (nSPS) is 27.5. The molecule has 1 saturated heterocycles. The van der Waals surface area contributed by atoms with Gasteiger partial charge < -0.3 is 10.6 Å². The van der Waals surface area contributed by atoms with Gasteiger partial charge in [0, 0.05) is 51.9 Å². The van der Waals surface area contributed by atoms with Gasteiger partial charge in [0.15, 0.2) is 0 Å². The Kier molecular flexibility index (Phi) is 6.20. The van der Waals surface area contributed by atoms with Crippen LogP contribution in [0, 0.1) is 0 Å². The van der Waals surface area contributed by atoms with Gasteiger partial charge in [-0.3, -0.25) is 4.98 Å². The minimum Gasteiger partial charge on any atom is -0.382 e. The fraction of sp³-hybridized carbons (Fsp3) is 0.609. The predicted molar refractivity (Wildman–Crippen MR) is 129 cm³/mol. The Morgan fingerprint density at radius 1 is 0.897 bits per heavy atom. The summed E-state index contributed by atoms with van der Waals surface area (Å²) >= 11 is 10.6. The summed E-state index contributed by atoms with van der Waals surface area (Å²) in [5.41, 5.74) is 2.15. The summed E-state index contributed by atoms with van der Waals surface area (Å²) in [6.07, 6.45) is 12.4. The van der Waals surface area contributed by atoms with Crippen molar-refractivity contribution in [3.8, 4) is 0 Å². The number of benzene rings is 1. The Bertz CT molecular complexity index is 837. The van der Waals surface area contributed by atoms with Crippen LogP contribution in [0.25, 0.3) is 10.9 Å². The van der Waals surface area contributed by atoms with E-state index < -0.39 is 0 Å².